The number of benzene rings is 1. The number of nitrogens with zero attached hydrogens (tertiary/aromatic N) is 5. The molecule has 8 heteroatoms. The molecule has 7 nitrogen and oxygen atoms in total. The Kier molecular flexibility index (Phi) is 4.39. The molecule has 0 saturated carbocycles. The fourth-order valence-corrected chi connectivity index (χ4v) is 3.49. The standard InChI is InChI=1S/C20H18ClN5O2/c1-24(2)17(27)11-14-18-13-8-7-12(21)10-15(13)25(3)19(18)20(28)26(23-14)16-6-4-5-9-22-16/h4-10H,11H2,1-3H3. The summed E-state index contributed by atoms with van der Waals surface area (Å²) in [7, 11) is 5.19. The number of hydrogen-bond acceptors (Lipinski definition) is 4. The van der Waals surface area contributed by atoms with Crippen molar-refractivity contribution in [2.45, 2.75) is 6.42 Å². The number of rotatable bonds is 3. The van der Waals surface area contributed by atoms with Crippen LogP contribution in [0.4, 0.5) is 0 Å². The predicted molar refractivity (Wildman–Crippen MR) is 109 cm³/mol. The molecule has 0 N–H and O–H groups in total. The highest BCUT2D eigenvalue weighted by Gasteiger charge is 2.22. The minimum absolute atomic E-state index is 0.0678. The van der Waals surface area contributed by atoms with Gasteiger partial charge in [0.25, 0.3) is 5.56 Å². The molecule has 0 aliphatic rings. The SMILES string of the molecule is CN(C)C(=O)Cc1nn(-c2ccccn2)c(=O)c2c1c1ccc(Cl)cc1n2C. The molecule has 0 aliphatic carbocycles. The van der Waals surface area contributed by atoms with Gasteiger partial charge in [0.05, 0.1) is 17.6 Å². The van der Waals surface area contributed by atoms with Gasteiger partial charge < -0.3 is 9.47 Å². The Morgan fingerprint density at radius 1 is 1.21 bits per heavy atom. The van der Waals surface area contributed by atoms with Crippen molar-refractivity contribution in [1.29, 1.82) is 0 Å². The minimum Gasteiger partial charge on any atom is -0.348 e. The van der Waals surface area contributed by atoms with Crippen molar-refractivity contribution in [2.24, 2.45) is 7.05 Å². The van der Waals surface area contributed by atoms with Gasteiger partial charge in [-0.2, -0.15) is 9.78 Å². The molecule has 1 amide bonds. The van der Waals surface area contributed by atoms with E-state index in [0.717, 1.165) is 10.9 Å². The van der Waals surface area contributed by atoms with E-state index in [4.69, 9.17) is 11.6 Å². The van der Waals surface area contributed by atoms with Gasteiger partial charge in [-0.15, -0.1) is 0 Å². The summed E-state index contributed by atoms with van der Waals surface area (Å²) in [5.41, 5.74) is 1.48. The molecule has 142 valence electrons. The average Bonchev–Trinajstić information content (AvgIpc) is 2.97. The molecule has 4 aromatic rings. The van der Waals surface area contributed by atoms with Crippen LogP contribution in [0, 0.1) is 0 Å². The lowest BCUT2D eigenvalue weighted by molar-refractivity contribution is -0.128. The molecule has 0 radical (unpaired) electrons. The van der Waals surface area contributed by atoms with Crippen LogP contribution in [0.2, 0.25) is 5.02 Å². The third-order valence-corrected chi connectivity index (χ3v) is 4.99. The summed E-state index contributed by atoms with van der Waals surface area (Å²) in [6.45, 7) is 0. The fourth-order valence-electron chi connectivity index (χ4n) is 3.33. The van der Waals surface area contributed by atoms with Gasteiger partial charge in [0.15, 0.2) is 5.82 Å². The van der Waals surface area contributed by atoms with Crippen molar-refractivity contribution in [2.75, 3.05) is 14.1 Å². The molecule has 0 spiro atoms. The van der Waals surface area contributed by atoms with E-state index in [1.807, 2.05) is 13.1 Å². The van der Waals surface area contributed by atoms with E-state index < -0.39 is 0 Å². The number of hydrogen-bond donors (Lipinski definition) is 0. The van der Waals surface area contributed by atoms with Crippen LogP contribution in [0.3, 0.4) is 0 Å². The molecule has 28 heavy (non-hydrogen) atoms. The highest BCUT2D eigenvalue weighted by atomic mass is 35.5. The lowest BCUT2D eigenvalue weighted by Crippen LogP contribution is -2.28. The van der Waals surface area contributed by atoms with Crippen LogP contribution < -0.4 is 5.56 Å². The number of pyridine rings is 1. The van der Waals surface area contributed by atoms with Crippen molar-refractivity contribution in [3.05, 3.63) is 63.7 Å². The predicted octanol–water partition coefficient (Wildman–Crippen LogP) is 2.56. The van der Waals surface area contributed by atoms with Gasteiger partial charge in [0, 0.05) is 43.1 Å². The summed E-state index contributed by atoms with van der Waals surface area (Å²) in [4.78, 5) is 31.5. The lowest BCUT2D eigenvalue weighted by atomic mass is 10.1. The maximum atomic E-state index is 13.3. The molecule has 0 bridgehead atoms. The highest BCUT2D eigenvalue weighted by Crippen LogP contribution is 2.30. The number of amides is 1. The van der Waals surface area contributed by atoms with Crippen molar-refractivity contribution >= 4 is 39.3 Å². The first-order chi connectivity index (χ1) is 13.4. The zero-order valence-corrected chi connectivity index (χ0v) is 16.4. The molecule has 0 saturated heterocycles. The van der Waals surface area contributed by atoms with Crippen LogP contribution in [0.15, 0.2) is 47.4 Å². The molecule has 4 rings (SSSR count). The second-order valence-electron chi connectivity index (χ2n) is 6.76. The van der Waals surface area contributed by atoms with E-state index in [0.29, 0.717) is 27.4 Å². The molecule has 0 atom stereocenters. The van der Waals surface area contributed by atoms with Crippen LogP contribution >= 0.6 is 11.6 Å². The van der Waals surface area contributed by atoms with E-state index >= 15 is 0 Å². The van der Waals surface area contributed by atoms with Crippen LogP contribution in [0.5, 0.6) is 0 Å². The first-order valence-electron chi connectivity index (χ1n) is 8.70. The van der Waals surface area contributed by atoms with Gasteiger partial charge in [-0.25, -0.2) is 4.98 Å². The fraction of sp³-hybridized carbons (Fsp3) is 0.200. The Morgan fingerprint density at radius 2 is 2.00 bits per heavy atom. The Bertz CT molecular complexity index is 1270. The lowest BCUT2D eigenvalue weighted by Gasteiger charge is -2.12. The summed E-state index contributed by atoms with van der Waals surface area (Å²) in [6.07, 6.45) is 1.66. The van der Waals surface area contributed by atoms with E-state index in [1.165, 1.54) is 9.58 Å². The van der Waals surface area contributed by atoms with Crippen LogP contribution in [0.1, 0.15) is 5.69 Å². The molecular formula is C20H18ClN5O2. The van der Waals surface area contributed by atoms with Gasteiger partial charge in [-0.05, 0) is 24.3 Å². The van der Waals surface area contributed by atoms with Gasteiger partial charge in [0.2, 0.25) is 5.91 Å². The normalized spacial score (nSPS) is 11.3. The van der Waals surface area contributed by atoms with Crippen LogP contribution in [-0.4, -0.2) is 44.2 Å². The Balaban J connectivity index is 2.13. The van der Waals surface area contributed by atoms with Gasteiger partial charge in [-0.1, -0.05) is 23.7 Å². The molecule has 0 fully saturated rings. The number of aromatic nitrogens is 4. The number of aryl methyl sites for hydroxylation is 1. The first kappa shape index (κ1) is 18.2. The van der Waals surface area contributed by atoms with Crippen LogP contribution in [-0.2, 0) is 18.3 Å². The maximum absolute atomic E-state index is 13.3. The van der Waals surface area contributed by atoms with E-state index in [-0.39, 0.29) is 17.9 Å². The zero-order chi connectivity index (χ0) is 20.0. The van der Waals surface area contributed by atoms with Crippen LogP contribution in [0.25, 0.3) is 27.6 Å². The second-order valence-corrected chi connectivity index (χ2v) is 7.20. The van der Waals surface area contributed by atoms with Crippen molar-refractivity contribution in [1.82, 2.24) is 24.2 Å². The van der Waals surface area contributed by atoms with Crippen molar-refractivity contribution < 1.29 is 4.79 Å². The summed E-state index contributed by atoms with van der Waals surface area (Å²) in [5, 5.41) is 6.60. The van der Waals surface area contributed by atoms with Crippen molar-refractivity contribution in [3.63, 3.8) is 0 Å². The number of carbonyl (C=O) groups excluding carboxylic acids is 1. The monoisotopic (exact) mass is 395 g/mol. The molecule has 0 aliphatic heterocycles. The molecule has 3 aromatic heterocycles. The number of likely N-dealkylation sites (N-methyl/N-ethyl adjacent to an activating group) is 1. The highest BCUT2D eigenvalue weighted by molar-refractivity contribution is 6.31. The number of halogens is 1. The summed E-state index contributed by atoms with van der Waals surface area (Å²) >= 11 is 6.17. The van der Waals surface area contributed by atoms with Gasteiger partial charge >= 0.3 is 0 Å². The quantitative estimate of drug-likeness (QED) is 0.534. The van der Waals surface area contributed by atoms with E-state index in [2.05, 4.69) is 10.1 Å². The molecular weight excluding hydrogens is 378 g/mol. The van der Waals surface area contributed by atoms with E-state index in [1.54, 1.807) is 55.2 Å². The van der Waals surface area contributed by atoms with Gasteiger partial charge in [-0.3, -0.25) is 9.59 Å². The van der Waals surface area contributed by atoms with E-state index in [9.17, 15) is 9.59 Å². The molecule has 0 unspecified atom stereocenters. The molecule has 3 heterocycles. The third kappa shape index (κ3) is 2.84. The Morgan fingerprint density at radius 3 is 2.68 bits per heavy atom. The third-order valence-electron chi connectivity index (χ3n) is 4.75. The topological polar surface area (TPSA) is 73.0 Å². The van der Waals surface area contributed by atoms with Gasteiger partial charge in [0.1, 0.15) is 5.52 Å². The first-order valence-corrected chi connectivity index (χ1v) is 9.07. The zero-order valence-electron chi connectivity index (χ0n) is 15.7. The second kappa shape index (κ2) is 6.76. The summed E-state index contributed by atoms with van der Waals surface area (Å²) in [6, 6.07) is 10.7. The minimum atomic E-state index is -0.301. The Labute approximate surface area is 165 Å². The Hall–Kier alpha value is -3.19. The maximum Gasteiger partial charge on any atom is 0.297 e. The summed E-state index contributed by atoms with van der Waals surface area (Å²) < 4.78 is 3.05. The molecule has 1 aromatic carbocycles. The number of carbonyl (C=O) groups is 1. The average molecular weight is 396 g/mol. The number of fused-ring (bicyclic) bond motifs is 3. The van der Waals surface area contributed by atoms with Crippen molar-refractivity contribution in [3.8, 4) is 5.82 Å². The smallest absolute Gasteiger partial charge is 0.297 e. The summed E-state index contributed by atoms with van der Waals surface area (Å²) in [5.74, 6) is 0.294. The largest absolute Gasteiger partial charge is 0.348 e.